The zero-order chi connectivity index (χ0) is 16.3. The van der Waals surface area contributed by atoms with Crippen molar-refractivity contribution in [2.45, 2.75) is 37.5 Å². The Hall–Kier alpha value is -2.15. The maximum Gasteiger partial charge on any atom is 0.267 e. The van der Waals surface area contributed by atoms with E-state index in [0.717, 1.165) is 18.4 Å². The molecule has 1 aliphatic carbocycles. The van der Waals surface area contributed by atoms with Crippen LogP contribution in [-0.2, 0) is 16.6 Å². The number of hydrogen-bond donors (Lipinski definition) is 1. The molecule has 1 aliphatic rings. The molecule has 1 aromatic heterocycles. The fourth-order valence-electron chi connectivity index (χ4n) is 2.81. The summed E-state index contributed by atoms with van der Waals surface area (Å²) in [5.41, 5.74) is 1.31. The monoisotopic (exact) mass is 333 g/mol. The highest BCUT2D eigenvalue weighted by molar-refractivity contribution is 7.90. The van der Waals surface area contributed by atoms with Crippen LogP contribution >= 0.6 is 0 Å². The van der Waals surface area contributed by atoms with E-state index in [-0.39, 0.29) is 5.56 Å². The number of nitrogens with zero attached hydrogens (tertiary/aromatic N) is 2. The molecular weight excluding hydrogens is 314 g/mol. The van der Waals surface area contributed by atoms with Crippen LogP contribution < -0.4 is 4.72 Å². The van der Waals surface area contributed by atoms with E-state index in [9.17, 15) is 13.2 Å². The van der Waals surface area contributed by atoms with Gasteiger partial charge in [0.15, 0.2) is 0 Å². The molecule has 122 valence electrons. The Balaban J connectivity index is 1.66. The first-order chi connectivity index (χ1) is 11.0. The number of sulfonamides is 1. The first-order valence-electron chi connectivity index (χ1n) is 7.67. The van der Waals surface area contributed by atoms with Crippen LogP contribution in [0.3, 0.4) is 0 Å². The third-order valence-electron chi connectivity index (χ3n) is 4.06. The second-order valence-corrected chi connectivity index (χ2v) is 7.76. The van der Waals surface area contributed by atoms with Crippen molar-refractivity contribution in [2.75, 3.05) is 0 Å². The first-order valence-corrected chi connectivity index (χ1v) is 9.21. The Kier molecular flexibility index (Phi) is 4.47. The van der Waals surface area contributed by atoms with Gasteiger partial charge in [0.2, 0.25) is 10.0 Å². The Labute approximate surface area is 135 Å². The van der Waals surface area contributed by atoms with Gasteiger partial charge in [-0.1, -0.05) is 43.2 Å². The lowest BCUT2D eigenvalue weighted by molar-refractivity contribution is 0.0981. The molecule has 0 radical (unpaired) electrons. The first kappa shape index (κ1) is 15.7. The van der Waals surface area contributed by atoms with Crippen molar-refractivity contribution in [3.63, 3.8) is 0 Å². The molecule has 1 N–H and O–H groups in total. The minimum atomic E-state index is -3.59. The summed E-state index contributed by atoms with van der Waals surface area (Å²) in [5, 5.41) is 3.67. The van der Waals surface area contributed by atoms with Crippen LogP contribution in [0, 0.1) is 0 Å². The molecule has 0 aliphatic heterocycles. The Morgan fingerprint density at radius 3 is 2.61 bits per heavy atom. The van der Waals surface area contributed by atoms with Gasteiger partial charge in [-0.15, -0.1) is 0 Å². The number of carbonyl (C=O) groups is 1. The smallest absolute Gasteiger partial charge is 0.267 e. The molecule has 0 spiro atoms. The summed E-state index contributed by atoms with van der Waals surface area (Å²) < 4.78 is 28.1. The third kappa shape index (κ3) is 3.79. The van der Waals surface area contributed by atoms with Gasteiger partial charge in [-0.2, -0.15) is 5.10 Å². The summed E-state index contributed by atoms with van der Waals surface area (Å²) in [4.78, 5) is 12.1. The molecule has 2 aromatic rings. The van der Waals surface area contributed by atoms with Gasteiger partial charge < -0.3 is 0 Å². The van der Waals surface area contributed by atoms with Gasteiger partial charge in [0.05, 0.1) is 23.6 Å². The molecule has 1 fully saturated rings. The second kappa shape index (κ2) is 6.54. The van der Waals surface area contributed by atoms with Gasteiger partial charge in [0.1, 0.15) is 0 Å². The fraction of sp³-hybridized carbons (Fsp3) is 0.375. The molecule has 1 heterocycles. The Bertz CT molecular complexity index is 778. The number of rotatable bonds is 5. The molecule has 7 heteroatoms. The molecular formula is C16H19N3O3S. The Morgan fingerprint density at radius 2 is 1.91 bits per heavy atom. The second-order valence-electron chi connectivity index (χ2n) is 5.79. The zero-order valence-electron chi connectivity index (χ0n) is 12.7. The van der Waals surface area contributed by atoms with Crippen molar-refractivity contribution >= 4 is 15.9 Å². The van der Waals surface area contributed by atoms with E-state index in [4.69, 9.17) is 0 Å². The van der Waals surface area contributed by atoms with Crippen LogP contribution in [0.25, 0.3) is 0 Å². The van der Waals surface area contributed by atoms with Crippen LogP contribution in [0.15, 0.2) is 42.7 Å². The molecule has 0 bridgehead atoms. The Morgan fingerprint density at radius 1 is 1.22 bits per heavy atom. The third-order valence-corrected chi connectivity index (χ3v) is 5.88. The maximum atomic E-state index is 12.2. The van der Waals surface area contributed by atoms with E-state index in [1.807, 2.05) is 30.3 Å². The number of aromatic nitrogens is 2. The standard InChI is InChI=1S/C16H19N3O3S/c20-16(18-23(21,22)15-8-4-5-9-15)14-10-17-19(12-14)11-13-6-2-1-3-7-13/h1-3,6-7,10,12,15H,4-5,8-9,11H2,(H,18,20). The predicted octanol–water partition coefficient (Wildman–Crippen LogP) is 1.93. The van der Waals surface area contributed by atoms with Gasteiger partial charge in [-0.25, -0.2) is 13.1 Å². The van der Waals surface area contributed by atoms with Crippen LogP contribution in [0.2, 0.25) is 0 Å². The number of hydrogen-bond acceptors (Lipinski definition) is 4. The molecule has 0 unspecified atom stereocenters. The average Bonchev–Trinajstić information content (AvgIpc) is 3.19. The SMILES string of the molecule is O=C(NS(=O)(=O)C1CCCC1)c1cnn(Cc2ccccc2)c1. The van der Waals surface area contributed by atoms with Gasteiger partial charge in [0, 0.05) is 6.20 Å². The van der Waals surface area contributed by atoms with E-state index in [1.54, 1.807) is 10.9 Å². The van der Waals surface area contributed by atoms with Gasteiger partial charge in [0.25, 0.3) is 5.91 Å². The highest BCUT2D eigenvalue weighted by Crippen LogP contribution is 2.24. The highest BCUT2D eigenvalue weighted by Gasteiger charge is 2.30. The van der Waals surface area contributed by atoms with Crippen molar-refractivity contribution in [3.05, 3.63) is 53.9 Å². The summed E-state index contributed by atoms with van der Waals surface area (Å²) in [7, 11) is -3.59. The fourth-order valence-corrected chi connectivity index (χ4v) is 4.30. The molecule has 3 rings (SSSR count). The van der Waals surface area contributed by atoms with Crippen LogP contribution in [-0.4, -0.2) is 29.4 Å². The quantitative estimate of drug-likeness (QED) is 0.906. The van der Waals surface area contributed by atoms with Crippen molar-refractivity contribution in [1.29, 1.82) is 0 Å². The molecule has 1 saturated carbocycles. The summed E-state index contributed by atoms with van der Waals surface area (Å²) in [6, 6.07) is 9.72. The maximum absolute atomic E-state index is 12.2. The summed E-state index contributed by atoms with van der Waals surface area (Å²) in [6.45, 7) is 0.531. The van der Waals surface area contributed by atoms with Gasteiger partial charge in [-0.05, 0) is 18.4 Å². The lowest BCUT2D eigenvalue weighted by Gasteiger charge is -2.11. The lowest BCUT2D eigenvalue weighted by Crippen LogP contribution is -2.37. The van der Waals surface area contributed by atoms with Crippen molar-refractivity contribution in [1.82, 2.24) is 14.5 Å². The van der Waals surface area contributed by atoms with Crippen LogP contribution in [0.5, 0.6) is 0 Å². The van der Waals surface area contributed by atoms with E-state index >= 15 is 0 Å². The minimum absolute atomic E-state index is 0.252. The van der Waals surface area contributed by atoms with Crippen LogP contribution in [0.4, 0.5) is 0 Å². The number of amides is 1. The lowest BCUT2D eigenvalue weighted by atomic mass is 10.2. The molecule has 23 heavy (non-hydrogen) atoms. The van der Waals surface area contributed by atoms with Crippen LogP contribution in [0.1, 0.15) is 41.6 Å². The number of benzene rings is 1. The molecule has 1 amide bonds. The van der Waals surface area contributed by atoms with Gasteiger partial charge in [-0.3, -0.25) is 9.48 Å². The molecule has 6 nitrogen and oxygen atoms in total. The molecule has 0 saturated heterocycles. The van der Waals surface area contributed by atoms with E-state index in [2.05, 4.69) is 9.82 Å². The predicted molar refractivity (Wildman–Crippen MR) is 86.4 cm³/mol. The molecule has 1 aromatic carbocycles. The number of carbonyl (C=O) groups excluding carboxylic acids is 1. The summed E-state index contributed by atoms with van der Waals surface area (Å²) in [5.74, 6) is -0.615. The molecule has 0 atom stereocenters. The average molecular weight is 333 g/mol. The zero-order valence-corrected chi connectivity index (χ0v) is 13.5. The normalized spacial score (nSPS) is 15.7. The summed E-state index contributed by atoms with van der Waals surface area (Å²) >= 11 is 0. The van der Waals surface area contributed by atoms with E-state index in [1.165, 1.54) is 6.20 Å². The summed E-state index contributed by atoms with van der Waals surface area (Å²) in [6.07, 6.45) is 5.99. The van der Waals surface area contributed by atoms with E-state index in [0.29, 0.717) is 19.4 Å². The van der Waals surface area contributed by atoms with Crippen molar-refractivity contribution < 1.29 is 13.2 Å². The van der Waals surface area contributed by atoms with Gasteiger partial charge >= 0.3 is 0 Å². The number of nitrogens with one attached hydrogen (secondary N) is 1. The van der Waals surface area contributed by atoms with Crippen molar-refractivity contribution in [3.8, 4) is 0 Å². The minimum Gasteiger partial charge on any atom is -0.268 e. The van der Waals surface area contributed by atoms with E-state index < -0.39 is 21.2 Å². The van der Waals surface area contributed by atoms with Crippen molar-refractivity contribution in [2.24, 2.45) is 0 Å². The topological polar surface area (TPSA) is 81.1 Å². The largest absolute Gasteiger partial charge is 0.268 e. The highest BCUT2D eigenvalue weighted by atomic mass is 32.2.